The zero-order valence-electron chi connectivity index (χ0n) is 12.5. The molecular formula is C17H12FN5O. The number of halogens is 1. The number of aromatic nitrogens is 4. The summed E-state index contributed by atoms with van der Waals surface area (Å²) in [7, 11) is 0. The Morgan fingerprint density at radius 3 is 2.79 bits per heavy atom. The van der Waals surface area contributed by atoms with Crippen molar-refractivity contribution in [2.45, 2.75) is 0 Å². The van der Waals surface area contributed by atoms with E-state index in [1.807, 2.05) is 0 Å². The number of nitrogens with zero attached hydrogens (tertiary/aromatic N) is 4. The topological polar surface area (TPSA) is 72.7 Å². The van der Waals surface area contributed by atoms with E-state index in [1.165, 1.54) is 23.1 Å². The number of hydrogen-bond donors (Lipinski definition) is 1. The maximum Gasteiger partial charge on any atom is 0.252 e. The third-order valence-electron chi connectivity index (χ3n) is 3.14. The molecule has 0 saturated heterocycles. The Morgan fingerprint density at radius 1 is 1.21 bits per heavy atom. The van der Waals surface area contributed by atoms with Crippen LogP contribution in [0.3, 0.4) is 0 Å². The Bertz CT molecular complexity index is 895. The molecule has 0 aliphatic rings. The van der Waals surface area contributed by atoms with Gasteiger partial charge in [0.1, 0.15) is 12.1 Å². The first-order valence-corrected chi connectivity index (χ1v) is 7.08. The fraction of sp³-hybridized carbons (Fsp3) is 0.0588. The first-order valence-electron chi connectivity index (χ1n) is 7.08. The monoisotopic (exact) mass is 321 g/mol. The van der Waals surface area contributed by atoms with Crippen molar-refractivity contribution in [2.24, 2.45) is 0 Å². The first-order chi connectivity index (χ1) is 11.7. The molecule has 1 N–H and O–H groups in total. The van der Waals surface area contributed by atoms with E-state index < -0.39 is 0 Å². The summed E-state index contributed by atoms with van der Waals surface area (Å²) in [6, 6.07) is 12.8. The Morgan fingerprint density at radius 2 is 2.04 bits per heavy atom. The number of benzene rings is 2. The van der Waals surface area contributed by atoms with Gasteiger partial charge in [0.2, 0.25) is 0 Å². The molecular weight excluding hydrogens is 309 g/mol. The van der Waals surface area contributed by atoms with Gasteiger partial charge in [-0.3, -0.25) is 4.79 Å². The highest BCUT2D eigenvalue weighted by molar-refractivity contribution is 5.94. The van der Waals surface area contributed by atoms with E-state index >= 15 is 0 Å². The van der Waals surface area contributed by atoms with Gasteiger partial charge in [-0.1, -0.05) is 17.9 Å². The molecule has 0 aliphatic carbocycles. The van der Waals surface area contributed by atoms with Crippen molar-refractivity contribution in [1.82, 2.24) is 25.5 Å². The highest BCUT2D eigenvalue weighted by Crippen LogP contribution is 2.08. The standard InChI is InChI=1S/C17H12FN5O/c18-15-8-6-13(7-9-15)3-2-10-19-17(24)14-4-1-5-16(11-14)23-12-20-21-22-23/h1,4-9,11-12H,10H2,(H,19,24). The SMILES string of the molecule is O=C(NCC#Cc1ccc(F)cc1)c1cccc(-n2cnnn2)c1. The lowest BCUT2D eigenvalue weighted by molar-refractivity contribution is 0.0958. The second-order valence-electron chi connectivity index (χ2n) is 4.80. The molecule has 118 valence electrons. The molecule has 3 aromatic rings. The van der Waals surface area contributed by atoms with Crippen LogP contribution in [0.2, 0.25) is 0 Å². The molecule has 2 aromatic carbocycles. The molecule has 0 fully saturated rings. The van der Waals surface area contributed by atoms with Gasteiger partial charge in [0.25, 0.3) is 5.91 Å². The molecule has 0 atom stereocenters. The average Bonchev–Trinajstić information content (AvgIpc) is 3.15. The van der Waals surface area contributed by atoms with Gasteiger partial charge >= 0.3 is 0 Å². The predicted octanol–water partition coefficient (Wildman–Crippen LogP) is 1.58. The van der Waals surface area contributed by atoms with Gasteiger partial charge in [-0.25, -0.2) is 9.07 Å². The minimum atomic E-state index is -0.309. The fourth-order valence-corrected chi connectivity index (χ4v) is 1.98. The van der Waals surface area contributed by atoms with Gasteiger partial charge in [-0.2, -0.15) is 0 Å². The van der Waals surface area contributed by atoms with E-state index in [2.05, 4.69) is 32.7 Å². The number of nitrogens with one attached hydrogen (secondary N) is 1. The van der Waals surface area contributed by atoms with Crippen LogP contribution in [0, 0.1) is 17.7 Å². The zero-order valence-corrected chi connectivity index (χ0v) is 12.5. The van der Waals surface area contributed by atoms with Crippen LogP contribution < -0.4 is 5.32 Å². The lowest BCUT2D eigenvalue weighted by atomic mass is 10.2. The van der Waals surface area contributed by atoms with Crippen LogP contribution in [0.1, 0.15) is 15.9 Å². The summed E-state index contributed by atoms with van der Waals surface area (Å²) in [6.45, 7) is 0.186. The van der Waals surface area contributed by atoms with E-state index in [4.69, 9.17) is 0 Å². The second kappa shape index (κ2) is 7.15. The van der Waals surface area contributed by atoms with Crippen LogP contribution in [0.15, 0.2) is 54.9 Å². The molecule has 0 spiro atoms. The van der Waals surface area contributed by atoms with Crippen molar-refractivity contribution in [1.29, 1.82) is 0 Å². The molecule has 1 aromatic heterocycles. The van der Waals surface area contributed by atoms with Crippen LogP contribution >= 0.6 is 0 Å². The predicted molar refractivity (Wildman–Crippen MR) is 84.8 cm³/mol. The van der Waals surface area contributed by atoms with Gasteiger partial charge in [0, 0.05) is 11.1 Å². The Hall–Kier alpha value is -3.53. The first kappa shape index (κ1) is 15.4. The minimum absolute atomic E-state index is 0.186. The second-order valence-corrected chi connectivity index (χ2v) is 4.80. The van der Waals surface area contributed by atoms with Crippen LogP contribution in [0.4, 0.5) is 4.39 Å². The van der Waals surface area contributed by atoms with Gasteiger partial charge < -0.3 is 5.32 Å². The maximum atomic E-state index is 12.8. The summed E-state index contributed by atoms with van der Waals surface area (Å²) >= 11 is 0. The Kier molecular flexibility index (Phi) is 4.58. The molecule has 0 unspecified atom stereocenters. The molecule has 3 rings (SSSR count). The molecule has 6 nitrogen and oxygen atoms in total. The molecule has 24 heavy (non-hydrogen) atoms. The van der Waals surface area contributed by atoms with Crippen molar-refractivity contribution >= 4 is 5.91 Å². The number of carbonyl (C=O) groups is 1. The summed E-state index contributed by atoms with van der Waals surface area (Å²) in [5.41, 5.74) is 1.85. The molecule has 7 heteroatoms. The zero-order chi connectivity index (χ0) is 16.8. The van der Waals surface area contributed by atoms with Crippen LogP contribution in [0.5, 0.6) is 0 Å². The van der Waals surface area contributed by atoms with Crippen LogP contribution in [-0.2, 0) is 0 Å². The van der Waals surface area contributed by atoms with Crippen molar-refractivity contribution in [3.63, 3.8) is 0 Å². The van der Waals surface area contributed by atoms with Gasteiger partial charge in [-0.15, -0.1) is 5.10 Å². The third kappa shape index (κ3) is 3.81. The van der Waals surface area contributed by atoms with Crippen molar-refractivity contribution in [3.05, 3.63) is 71.8 Å². The van der Waals surface area contributed by atoms with E-state index in [0.29, 0.717) is 16.8 Å². The van der Waals surface area contributed by atoms with Crippen LogP contribution in [0.25, 0.3) is 5.69 Å². The maximum absolute atomic E-state index is 12.8. The molecule has 1 amide bonds. The molecule has 0 aliphatic heterocycles. The van der Waals surface area contributed by atoms with E-state index in [9.17, 15) is 9.18 Å². The smallest absolute Gasteiger partial charge is 0.252 e. The molecule has 0 saturated carbocycles. The van der Waals surface area contributed by atoms with Crippen molar-refractivity contribution in [2.75, 3.05) is 6.54 Å². The average molecular weight is 321 g/mol. The number of tetrazole rings is 1. The Balaban J connectivity index is 1.62. The number of rotatable bonds is 3. The summed E-state index contributed by atoms with van der Waals surface area (Å²) in [5.74, 6) is 5.11. The fourth-order valence-electron chi connectivity index (χ4n) is 1.98. The van der Waals surface area contributed by atoms with Gasteiger partial charge in [0.15, 0.2) is 0 Å². The van der Waals surface area contributed by atoms with E-state index in [-0.39, 0.29) is 18.3 Å². The quantitative estimate of drug-likeness (QED) is 0.744. The van der Waals surface area contributed by atoms with E-state index in [1.54, 1.807) is 36.4 Å². The Labute approximate surface area is 137 Å². The van der Waals surface area contributed by atoms with Crippen molar-refractivity contribution in [3.8, 4) is 17.5 Å². The lowest BCUT2D eigenvalue weighted by Gasteiger charge is -2.04. The van der Waals surface area contributed by atoms with Crippen LogP contribution in [-0.4, -0.2) is 32.7 Å². The summed E-state index contributed by atoms with van der Waals surface area (Å²) in [4.78, 5) is 12.1. The summed E-state index contributed by atoms with van der Waals surface area (Å²) in [5, 5.41) is 13.6. The van der Waals surface area contributed by atoms with Gasteiger partial charge in [-0.05, 0) is 52.9 Å². The van der Waals surface area contributed by atoms with Gasteiger partial charge in [0.05, 0.1) is 12.2 Å². The number of amides is 1. The normalized spacial score (nSPS) is 9.88. The molecule has 1 heterocycles. The number of carbonyl (C=O) groups excluding carboxylic acids is 1. The highest BCUT2D eigenvalue weighted by atomic mass is 19.1. The summed E-state index contributed by atoms with van der Waals surface area (Å²) < 4.78 is 14.2. The lowest BCUT2D eigenvalue weighted by Crippen LogP contribution is -2.23. The summed E-state index contributed by atoms with van der Waals surface area (Å²) in [6.07, 6.45) is 1.45. The number of hydrogen-bond acceptors (Lipinski definition) is 4. The molecule has 0 radical (unpaired) electrons. The van der Waals surface area contributed by atoms with Crippen molar-refractivity contribution < 1.29 is 9.18 Å². The molecule has 0 bridgehead atoms. The largest absolute Gasteiger partial charge is 0.341 e. The van der Waals surface area contributed by atoms with E-state index in [0.717, 1.165) is 0 Å². The highest BCUT2D eigenvalue weighted by Gasteiger charge is 2.06. The minimum Gasteiger partial charge on any atom is -0.341 e. The third-order valence-corrected chi connectivity index (χ3v) is 3.14.